The lowest BCUT2D eigenvalue weighted by Gasteiger charge is -2.35. The van der Waals surface area contributed by atoms with Gasteiger partial charge in [0.25, 0.3) is 0 Å². The second-order valence-corrected chi connectivity index (χ2v) is 10.5. The standard InChI is InChI=1S/C34H36N4O3/c1-3-38(36-31(34(40)41)21-28-22-35-30-16-10-9-15-29(28)30)32(33(39)37(2)23-24-11-5-4-6-12-24)20-25-17-18-26-13-7-8-14-27(26)19-25/h4-19,22,31-32,35-36H,3,20-21,23H2,1-2H3,(H,40,41)/t31-,32-/m0/s1. The number of hydrazine groups is 1. The normalized spacial score (nSPS) is 13.0. The van der Waals surface area contributed by atoms with Crippen LogP contribution in [0.2, 0.25) is 0 Å². The van der Waals surface area contributed by atoms with E-state index in [9.17, 15) is 14.7 Å². The number of carboxylic acid groups (broad SMARTS) is 1. The van der Waals surface area contributed by atoms with Gasteiger partial charge in [-0.1, -0.05) is 97.9 Å². The van der Waals surface area contributed by atoms with Crippen molar-refractivity contribution in [3.63, 3.8) is 0 Å². The molecule has 0 spiro atoms. The Hall–Kier alpha value is -4.46. The Labute approximate surface area is 240 Å². The number of aliphatic carboxylic acids is 1. The first-order valence-corrected chi connectivity index (χ1v) is 14.0. The van der Waals surface area contributed by atoms with Crippen LogP contribution in [-0.2, 0) is 29.0 Å². The molecule has 1 heterocycles. The van der Waals surface area contributed by atoms with E-state index in [-0.39, 0.29) is 12.3 Å². The zero-order valence-electron chi connectivity index (χ0n) is 23.5. The summed E-state index contributed by atoms with van der Waals surface area (Å²) >= 11 is 0. The third-order valence-corrected chi connectivity index (χ3v) is 7.60. The summed E-state index contributed by atoms with van der Waals surface area (Å²) in [5.74, 6) is -1.05. The number of amides is 1. The number of para-hydroxylation sites is 1. The van der Waals surface area contributed by atoms with Crippen molar-refractivity contribution in [2.24, 2.45) is 0 Å². The molecule has 3 N–H and O–H groups in total. The number of benzene rings is 4. The van der Waals surface area contributed by atoms with Crippen LogP contribution in [-0.4, -0.2) is 57.6 Å². The van der Waals surface area contributed by atoms with Crippen LogP contribution in [0.25, 0.3) is 21.7 Å². The van der Waals surface area contributed by atoms with Crippen LogP contribution in [0, 0.1) is 0 Å². The Morgan fingerprint density at radius 3 is 2.32 bits per heavy atom. The van der Waals surface area contributed by atoms with E-state index in [1.54, 1.807) is 17.0 Å². The number of fused-ring (bicyclic) bond motifs is 2. The molecule has 0 aliphatic rings. The minimum absolute atomic E-state index is 0.0763. The lowest BCUT2D eigenvalue weighted by molar-refractivity contribution is -0.145. The smallest absolute Gasteiger partial charge is 0.322 e. The number of aromatic nitrogens is 1. The van der Waals surface area contributed by atoms with Gasteiger partial charge in [0.1, 0.15) is 12.1 Å². The number of likely N-dealkylation sites (N-methyl/N-ethyl adjacent to an activating group) is 2. The zero-order valence-corrected chi connectivity index (χ0v) is 23.5. The van der Waals surface area contributed by atoms with Gasteiger partial charge in [-0.25, -0.2) is 10.4 Å². The van der Waals surface area contributed by atoms with Crippen LogP contribution in [0.1, 0.15) is 23.6 Å². The zero-order chi connectivity index (χ0) is 28.8. The molecule has 5 aromatic rings. The number of H-pyrrole nitrogens is 1. The van der Waals surface area contributed by atoms with Gasteiger partial charge < -0.3 is 15.0 Å². The number of hydrogen-bond donors (Lipinski definition) is 3. The van der Waals surface area contributed by atoms with Gasteiger partial charge in [-0.3, -0.25) is 9.59 Å². The first kappa shape index (κ1) is 28.1. The summed E-state index contributed by atoms with van der Waals surface area (Å²) in [5, 5.41) is 15.3. The molecule has 0 saturated carbocycles. The molecule has 0 fully saturated rings. The Morgan fingerprint density at radius 1 is 0.854 bits per heavy atom. The quantitative estimate of drug-likeness (QED) is 0.181. The summed E-state index contributed by atoms with van der Waals surface area (Å²) in [7, 11) is 1.80. The van der Waals surface area contributed by atoms with Gasteiger partial charge in [0.15, 0.2) is 0 Å². The number of carbonyl (C=O) groups excluding carboxylic acids is 1. The van der Waals surface area contributed by atoms with Crippen molar-refractivity contribution in [2.45, 2.75) is 38.4 Å². The van der Waals surface area contributed by atoms with Crippen molar-refractivity contribution in [1.82, 2.24) is 20.3 Å². The van der Waals surface area contributed by atoms with E-state index in [2.05, 4.69) is 34.7 Å². The average Bonchev–Trinajstić information content (AvgIpc) is 3.41. The summed E-state index contributed by atoms with van der Waals surface area (Å²) < 4.78 is 0. The maximum absolute atomic E-state index is 14.1. The summed E-state index contributed by atoms with van der Waals surface area (Å²) in [4.78, 5) is 31.5. The second-order valence-electron chi connectivity index (χ2n) is 10.5. The number of carboxylic acids is 1. The Morgan fingerprint density at radius 2 is 1.56 bits per heavy atom. The maximum atomic E-state index is 14.1. The predicted molar refractivity (Wildman–Crippen MR) is 163 cm³/mol. The highest BCUT2D eigenvalue weighted by atomic mass is 16.4. The molecule has 1 aromatic heterocycles. The molecule has 0 aliphatic heterocycles. The molecular weight excluding hydrogens is 512 g/mol. The summed E-state index contributed by atoms with van der Waals surface area (Å²) in [6.45, 7) is 2.85. The largest absolute Gasteiger partial charge is 0.480 e. The number of rotatable bonds is 12. The molecule has 0 aliphatic carbocycles. The minimum Gasteiger partial charge on any atom is -0.480 e. The van der Waals surface area contributed by atoms with Crippen LogP contribution in [0.5, 0.6) is 0 Å². The van der Waals surface area contributed by atoms with E-state index in [1.165, 1.54) is 0 Å². The van der Waals surface area contributed by atoms with E-state index >= 15 is 0 Å². The highest BCUT2D eigenvalue weighted by Gasteiger charge is 2.32. The van der Waals surface area contributed by atoms with Crippen molar-refractivity contribution < 1.29 is 14.7 Å². The maximum Gasteiger partial charge on any atom is 0.322 e. The van der Waals surface area contributed by atoms with E-state index < -0.39 is 18.1 Å². The van der Waals surface area contributed by atoms with Gasteiger partial charge in [-0.15, -0.1) is 0 Å². The van der Waals surface area contributed by atoms with E-state index in [0.717, 1.165) is 38.4 Å². The fraction of sp³-hybridized carbons (Fsp3) is 0.235. The summed E-state index contributed by atoms with van der Waals surface area (Å²) in [6.07, 6.45) is 2.57. The highest BCUT2D eigenvalue weighted by Crippen LogP contribution is 2.21. The summed E-state index contributed by atoms with van der Waals surface area (Å²) in [5.41, 5.74) is 7.16. The SMILES string of the molecule is CCN(N[C@@H](Cc1c[nH]c2ccccc12)C(=O)O)[C@@H](Cc1ccc2ccccc2c1)C(=O)N(C)Cc1ccccc1. The van der Waals surface area contributed by atoms with Gasteiger partial charge in [-0.2, -0.15) is 0 Å². The van der Waals surface area contributed by atoms with Gasteiger partial charge in [0.2, 0.25) is 5.91 Å². The molecule has 2 atom stereocenters. The Kier molecular flexibility index (Phi) is 8.77. The van der Waals surface area contributed by atoms with Gasteiger partial charge in [-0.05, 0) is 39.9 Å². The molecule has 0 saturated heterocycles. The fourth-order valence-electron chi connectivity index (χ4n) is 5.42. The molecule has 7 heteroatoms. The third-order valence-electron chi connectivity index (χ3n) is 7.60. The highest BCUT2D eigenvalue weighted by molar-refractivity contribution is 5.85. The molecule has 0 unspecified atom stereocenters. The number of hydrogen-bond acceptors (Lipinski definition) is 4. The minimum atomic E-state index is -0.969. The van der Waals surface area contributed by atoms with Crippen molar-refractivity contribution in [2.75, 3.05) is 13.6 Å². The van der Waals surface area contributed by atoms with Crippen LogP contribution < -0.4 is 5.43 Å². The van der Waals surface area contributed by atoms with Crippen molar-refractivity contribution in [1.29, 1.82) is 0 Å². The Balaban J connectivity index is 1.43. The van der Waals surface area contributed by atoms with Gasteiger partial charge in [0, 0.05) is 43.7 Å². The molecule has 4 aromatic carbocycles. The molecule has 0 radical (unpaired) electrons. The topological polar surface area (TPSA) is 88.7 Å². The van der Waals surface area contributed by atoms with Crippen molar-refractivity contribution >= 4 is 33.6 Å². The monoisotopic (exact) mass is 548 g/mol. The van der Waals surface area contributed by atoms with Gasteiger partial charge >= 0.3 is 5.97 Å². The van der Waals surface area contributed by atoms with Gasteiger partial charge in [0.05, 0.1) is 0 Å². The average molecular weight is 549 g/mol. The number of carbonyl (C=O) groups is 2. The number of aromatic amines is 1. The molecule has 0 bridgehead atoms. The van der Waals surface area contributed by atoms with E-state index in [1.807, 2.05) is 85.9 Å². The predicted octanol–water partition coefficient (Wildman–Crippen LogP) is 5.41. The van der Waals surface area contributed by atoms with Crippen LogP contribution >= 0.6 is 0 Å². The fourth-order valence-corrected chi connectivity index (χ4v) is 5.42. The first-order valence-electron chi connectivity index (χ1n) is 14.0. The van der Waals surface area contributed by atoms with Crippen molar-refractivity contribution in [3.05, 3.63) is 120 Å². The lowest BCUT2D eigenvalue weighted by Crippen LogP contribution is -2.58. The molecule has 210 valence electrons. The molecule has 5 rings (SSSR count). The van der Waals surface area contributed by atoms with Crippen LogP contribution in [0.3, 0.4) is 0 Å². The number of nitrogens with zero attached hydrogens (tertiary/aromatic N) is 2. The lowest BCUT2D eigenvalue weighted by atomic mass is 10.00. The van der Waals surface area contributed by atoms with E-state index in [0.29, 0.717) is 19.5 Å². The van der Waals surface area contributed by atoms with Crippen LogP contribution in [0.15, 0.2) is 103 Å². The van der Waals surface area contributed by atoms with E-state index in [4.69, 9.17) is 0 Å². The van der Waals surface area contributed by atoms with Crippen LogP contribution in [0.4, 0.5) is 0 Å². The van der Waals surface area contributed by atoms with Crippen molar-refractivity contribution in [3.8, 4) is 0 Å². The second kappa shape index (κ2) is 12.8. The first-order chi connectivity index (χ1) is 19.9. The molecule has 41 heavy (non-hydrogen) atoms. The molecular formula is C34H36N4O3. The molecule has 1 amide bonds. The third kappa shape index (κ3) is 6.65. The summed E-state index contributed by atoms with van der Waals surface area (Å²) in [6, 6.07) is 30.6. The Bertz CT molecular complexity index is 1630. The molecule has 7 nitrogen and oxygen atoms in total. The number of nitrogens with one attached hydrogen (secondary N) is 2.